The van der Waals surface area contributed by atoms with Crippen LogP contribution in [0, 0.1) is 0 Å². The molecule has 1 aromatic carbocycles. The van der Waals surface area contributed by atoms with E-state index in [2.05, 4.69) is 5.43 Å². The second-order valence-electron chi connectivity index (χ2n) is 4.05. The van der Waals surface area contributed by atoms with Crippen molar-refractivity contribution in [3.63, 3.8) is 0 Å². The third-order valence-corrected chi connectivity index (χ3v) is 2.77. The number of hydrogen-bond acceptors (Lipinski definition) is 5. The normalized spacial score (nSPS) is 12.4. The third-order valence-electron chi connectivity index (χ3n) is 2.22. The van der Waals surface area contributed by atoms with E-state index in [1.54, 1.807) is 35.1 Å². The zero-order chi connectivity index (χ0) is 15.2. The molecule has 110 valence electrons. The van der Waals surface area contributed by atoms with Gasteiger partial charge in [0.1, 0.15) is 6.04 Å². The average Bonchev–Trinajstić information content (AvgIpc) is 2.33. The zero-order valence-corrected chi connectivity index (χ0v) is 11.5. The minimum Gasteiger partial charge on any atom is -0.480 e. The van der Waals surface area contributed by atoms with Crippen LogP contribution in [0.1, 0.15) is 5.56 Å². The van der Waals surface area contributed by atoms with Gasteiger partial charge in [-0.3, -0.25) is 10.2 Å². The van der Waals surface area contributed by atoms with Crippen molar-refractivity contribution in [3.8, 4) is 0 Å². The highest BCUT2D eigenvalue weighted by molar-refractivity contribution is 7.89. The van der Waals surface area contributed by atoms with Gasteiger partial charge in [0.2, 0.25) is 10.0 Å². The Bertz CT molecular complexity index is 573. The summed E-state index contributed by atoms with van der Waals surface area (Å²) < 4.78 is 23.2. The number of carboxylic acid groups (broad SMARTS) is 1. The summed E-state index contributed by atoms with van der Waals surface area (Å²) in [5.41, 5.74) is 5.01. The van der Waals surface area contributed by atoms with Crippen molar-refractivity contribution >= 4 is 22.0 Å². The van der Waals surface area contributed by atoms with Crippen LogP contribution in [0.15, 0.2) is 30.3 Å². The van der Waals surface area contributed by atoms with E-state index in [0.717, 1.165) is 11.8 Å². The first kappa shape index (κ1) is 15.9. The number of rotatable bonds is 6. The second-order valence-corrected chi connectivity index (χ2v) is 5.80. The Morgan fingerprint density at radius 1 is 1.25 bits per heavy atom. The fraction of sp³-hybridized carbons (Fsp3) is 0.273. The molecule has 0 aliphatic rings. The van der Waals surface area contributed by atoms with Gasteiger partial charge in [-0.1, -0.05) is 30.3 Å². The first-order valence-electron chi connectivity index (χ1n) is 5.58. The van der Waals surface area contributed by atoms with Crippen molar-refractivity contribution in [1.29, 1.82) is 0 Å². The molecule has 0 saturated carbocycles. The first-order chi connectivity index (χ1) is 9.28. The molecule has 0 spiro atoms. The van der Waals surface area contributed by atoms with Crippen molar-refractivity contribution < 1.29 is 23.1 Å². The van der Waals surface area contributed by atoms with E-state index in [1.165, 1.54) is 0 Å². The molecule has 0 fully saturated rings. The summed E-state index contributed by atoms with van der Waals surface area (Å²) in [5, 5.41) is 9.03. The summed E-state index contributed by atoms with van der Waals surface area (Å²) in [7, 11) is -3.70. The molecule has 0 heterocycles. The summed E-state index contributed by atoms with van der Waals surface area (Å²) in [6.45, 7) is 0. The van der Waals surface area contributed by atoms with E-state index in [4.69, 9.17) is 5.11 Å². The molecular weight excluding hydrogens is 286 g/mol. The van der Waals surface area contributed by atoms with E-state index in [0.29, 0.717) is 0 Å². The Morgan fingerprint density at radius 3 is 2.35 bits per heavy atom. The van der Waals surface area contributed by atoms with Crippen LogP contribution >= 0.6 is 0 Å². The maximum atomic E-state index is 11.2. The Morgan fingerprint density at radius 2 is 1.85 bits per heavy atom. The largest absolute Gasteiger partial charge is 0.480 e. The van der Waals surface area contributed by atoms with Gasteiger partial charge in [-0.25, -0.2) is 23.4 Å². The number of carbonyl (C=O) groups is 2. The number of nitrogens with one attached hydrogen (secondary N) is 3. The minimum atomic E-state index is -3.70. The maximum Gasteiger partial charge on any atom is 0.342 e. The molecule has 0 saturated heterocycles. The molecule has 0 radical (unpaired) electrons. The maximum absolute atomic E-state index is 11.2. The molecule has 1 atom stereocenters. The number of benzene rings is 1. The quantitative estimate of drug-likeness (QED) is 0.522. The van der Waals surface area contributed by atoms with Gasteiger partial charge < -0.3 is 5.11 Å². The molecular formula is C11H15N3O5S. The van der Waals surface area contributed by atoms with Crippen LogP contribution in [-0.2, 0) is 21.2 Å². The molecule has 0 aromatic heterocycles. The van der Waals surface area contributed by atoms with E-state index >= 15 is 0 Å². The minimum absolute atomic E-state index is 0.134. The lowest BCUT2D eigenvalue weighted by Gasteiger charge is -2.15. The number of sulfonamides is 1. The van der Waals surface area contributed by atoms with Crippen LogP contribution in [0.3, 0.4) is 0 Å². The molecule has 2 amide bonds. The Hall–Kier alpha value is -2.13. The topological polar surface area (TPSA) is 125 Å². The van der Waals surface area contributed by atoms with Crippen LogP contribution in [0.2, 0.25) is 0 Å². The highest BCUT2D eigenvalue weighted by Gasteiger charge is 2.19. The number of carbonyl (C=O) groups excluding carboxylic acids is 1. The molecule has 9 heteroatoms. The van der Waals surface area contributed by atoms with E-state index in [1.807, 2.05) is 5.43 Å². The van der Waals surface area contributed by atoms with Gasteiger partial charge in [0, 0.05) is 6.42 Å². The standard InChI is InChI=1S/C11H15N3O5S/c1-20(18,19)14-11(17)13-12-9(10(15)16)7-8-5-3-2-4-6-8/h2-6,9,12H,7H2,1H3,(H,15,16)(H2,13,14,17)/t9-/m0/s1. The predicted molar refractivity (Wildman–Crippen MR) is 71.2 cm³/mol. The van der Waals surface area contributed by atoms with E-state index < -0.39 is 28.1 Å². The van der Waals surface area contributed by atoms with Crippen molar-refractivity contribution in [2.24, 2.45) is 0 Å². The van der Waals surface area contributed by atoms with Crippen molar-refractivity contribution in [2.45, 2.75) is 12.5 Å². The lowest BCUT2D eigenvalue weighted by molar-refractivity contribution is -0.139. The van der Waals surface area contributed by atoms with Gasteiger partial charge in [-0.2, -0.15) is 0 Å². The number of hydrogen-bond donors (Lipinski definition) is 4. The lowest BCUT2D eigenvalue weighted by atomic mass is 10.1. The van der Waals surface area contributed by atoms with Crippen LogP contribution in [0.25, 0.3) is 0 Å². The fourth-order valence-corrected chi connectivity index (χ4v) is 1.78. The zero-order valence-electron chi connectivity index (χ0n) is 10.7. The summed E-state index contributed by atoms with van der Waals surface area (Å²) in [6.07, 6.45) is 0.945. The molecule has 0 unspecified atom stereocenters. The Kier molecular flexibility index (Phi) is 5.47. The third kappa shape index (κ3) is 6.16. The van der Waals surface area contributed by atoms with E-state index in [-0.39, 0.29) is 6.42 Å². The van der Waals surface area contributed by atoms with Crippen molar-refractivity contribution in [3.05, 3.63) is 35.9 Å². The summed E-state index contributed by atoms with van der Waals surface area (Å²) in [5.74, 6) is -1.17. The van der Waals surface area contributed by atoms with Gasteiger partial charge in [0.15, 0.2) is 0 Å². The number of carboxylic acids is 1. The lowest BCUT2D eigenvalue weighted by Crippen LogP contribution is -2.53. The van der Waals surface area contributed by atoms with Crippen molar-refractivity contribution in [1.82, 2.24) is 15.6 Å². The second kappa shape index (κ2) is 6.87. The van der Waals surface area contributed by atoms with E-state index in [9.17, 15) is 18.0 Å². The first-order valence-corrected chi connectivity index (χ1v) is 7.47. The van der Waals surface area contributed by atoms with Crippen LogP contribution in [0.5, 0.6) is 0 Å². The Balaban J connectivity index is 2.56. The van der Waals surface area contributed by atoms with Crippen LogP contribution in [-0.4, -0.2) is 37.8 Å². The van der Waals surface area contributed by atoms with Gasteiger partial charge in [-0.15, -0.1) is 0 Å². The summed E-state index contributed by atoms with van der Waals surface area (Å²) in [4.78, 5) is 22.2. The summed E-state index contributed by atoms with van der Waals surface area (Å²) in [6, 6.07) is 6.68. The van der Waals surface area contributed by atoms with Gasteiger partial charge >= 0.3 is 12.0 Å². The highest BCUT2D eigenvalue weighted by atomic mass is 32.2. The van der Waals surface area contributed by atoms with Crippen LogP contribution < -0.4 is 15.6 Å². The highest BCUT2D eigenvalue weighted by Crippen LogP contribution is 2.02. The Labute approximate surface area is 116 Å². The molecule has 0 bridgehead atoms. The molecule has 20 heavy (non-hydrogen) atoms. The number of amides is 2. The predicted octanol–water partition coefficient (Wildman–Crippen LogP) is -0.554. The average molecular weight is 301 g/mol. The monoisotopic (exact) mass is 301 g/mol. The molecule has 0 aliphatic carbocycles. The molecule has 8 nitrogen and oxygen atoms in total. The van der Waals surface area contributed by atoms with Gasteiger partial charge in [0.25, 0.3) is 0 Å². The van der Waals surface area contributed by atoms with Crippen LogP contribution in [0.4, 0.5) is 4.79 Å². The number of urea groups is 1. The smallest absolute Gasteiger partial charge is 0.342 e. The SMILES string of the molecule is CS(=O)(=O)NC(=O)NN[C@@H](Cc1ccccc1)C(=O)O. The van der Waals surface area contributed by atoms with Gasteiger partial charge in [0.05, 0.1) is 6.26 Å². The molecule has 0 aliphatic heterocycles. The molecule has 1 aromatic rings. The summed E-state index contributed by atoms with van der Waals surface area (Å²) >= 11 is 0. The number of aliphatic carboxylic acids is 1. The fourth-order valence-electron chi connectivity index (χ4n) is 1.40. The molecule has 4 N–H and O–H groups in total. The van der Waals surface area contributed by atoms with Crippen molar-refractivity contribution in [2.75, 3.05) is 6.26 Å². The van der Waals surface area contributed by atoms with Gasteiger partial charge in [-0.05, 0) is 5.56 Å². The molecule has 1 rings (SSSR count). The number of hydrazine groups is 1.